The van der Waals surface area contributed by atoms with Crippen LogP contribution in [-0.4, -0.2) is 62.2 Å². The molecule has 0 aliphatic carbocycles. The number of hydrogen-bond acceptors (Lipinski definition) is 3. The van der Waals surface area contributed by atoms with Gasteiger partial charge in [0.2, 0.25) is 0 Å². The van der Waals surface area contributed by atoms with Gasteiger partial charge in [-0.15, -0.1) is 0 Å². The molecule has 0 saturated carbocycles. The van der Waals surface area contributed by atoms with Crippen LogP contribution in [0.15, 0.2) is 0 Å². The van der Waals surface area contributed by atoms with Gasteiger partial charge in [0.15, 0.2) is 0 Å². The van der Waals surface area contributed by atoms with Gasteiger partial charge in [-0.25, -0.2) is 0 Å². The molecule has 2 unspecified atom stereocenters. The van der Waals surface area contributed by atoms with Crippen molar-refractivity contribution in [3.63, 3.8) is 0 Å². The van der Waals surface area contributed by atoms with Gasteiger partial charge in [-0.3, -0.25) is 0 Å². The standard InChI is InChI=1S/C12H27N3/c1-5-7-13-12-6-8-15(10-12)9-11(2)14(3)4/h11-13H,5-10H2,1-4H3. The fourth-order valence-corrected chi connectivity index (χ4v) is 2.05. The third-order valence-corrected chi connectivity index (χ3v) is 3.36. The molecule has 0 aromatic heterocycles. The SMILES string of the molecule is CCCNC1CCN(CC(C)N(C)C)C1. The van der Waals surface area contributed by atoms with Crippen LogP contribution >= 0.6 is 0 Å². The topological polar surface area (TPSA) is 18.5 Å². The molecule has 1 rings (SSSR count). The number of likely N-dealkylation sites (tertiary alicyclic amines) is 1. The van der Waals surface area contributed by atoms with E-state index in [0.29, 0.717) is 6.04 Å². The molecule has 2 atom stereocenters. The molecular weight excluding hydrogens is 186 g/mol. The first-order chi connectivity index (χ1) is 7.13. The van der Waals surface area contributed by atoms with Gasteiger partial charge in [-0.05, 0) is 47.0 Å². The average Bonchev–Trinajstić information content (AvgIpc) is 2.62. The van der Waals surface area contributed by atoms with Crippen LogP contribution in [0, 0.1) is 0 Å². The molecule has 1 N–H and O–H groups in total. The van der Waals surface area contributed by atoms with E-state index in [9.17, 15) is 0 Å². The zero-order valence-corrected chi connectivity index (χ0v) is 10.8. The maximum Gasteiger partial charge on any atom is 0.0207 e. The summed E-state index contributed by atoms with van der Waals surface area (Å²) >= 11 is 0. The van der Waals surface area contributed by atoms with Gasteiger partial charge in [0.05, 0.1) is 0 Å². The van der Waals surface area contributed by atoms with Crippen LogP contribution in [0.25, 0.3) is 0 Å². The Morgan fingerprint density at radius 1 is 1.47 bits per heavy atom. The predicted molar refractivity (Wildman–Crippen MR) is 66.3 cm³/mol. The van der Waals surface area contributed by atoms with Crippen LogP contribution in [-0.2, 0) is 0 Å². The largest absolute Gasteiger partial charge is 0.313 e. The van der Waals surface area contributed by atoms with Gasteiger partial charge in [0.25, 0.3) is 0 Å². The maximum absolute atomic E-state index is 3.61. The van der Waals surface area contributed by atoms with Crippen molar-refractivity contribution in [1.29, 1.82) is 0 Å². The third-order valence-electron chi connectivity index (χ3n) is 3.36. The van der Waals surface area contributed by atoms with Crippen molar-refractivity contribution in [3.8, 4) is 0 Å². The van der Waals surface area contributed by atoms with Crippen molar-refractivity contribution in [1.82, 2.24) is 15.1 Å². The van der Waals surface area contributed by atoms with Gasteiger partial charge >= 0.3 is 0 Å². The number of hydrogen-bond donors (Lipinski definition) is 1. The fourth-order valence-electron chi connectivity index (χ4n) is 2.05. The number of nitrogens with one attached hydrogen (secondary N) is 1. The lowest BCUT2D eigenvalue weighted by Gasteiger charge is -2.25. The van der Waals surface area contributed by atoms with E-state index in [1.807, 2.05) is 0 Å². The summed E-state index contributed by atoms with van der Waals surface area (Å²) in [7, 11) is 4.32. The van der Waals surface area contributed by atoms with Crippen LogP contribution < -0.4 is 5.32 Å². The summed E-state index contributed by atoms with van der Waals surface area (Å²) < 4.78 is 0. The minimum Gasteiger partial charge on any atom is -0.313 e. The highest BCUT2D eigenvalue weighted by Gasteiger charge is 2.23. The smallest absolute Gasteiger partial charge is 0.0207 e. The lowest BCUT2D eigenvalue weighted by atomic mass is 10.2. The summed E-state index contributed by atoms with van der Waals surface area (Å²) in [5, 5.41) is 3.61. The fraction of sp³-hybridized carbons (Fsp3) is 1.00. The summed E-state index contributed by atoms with van der Waals surface area (Å²) in [6, 6.07) is 1.40. The zero-order valence-electron chi connectivity index (χ0n) is 10.8. The highest BCUT2D eigenvalue weighted by Crippen LogP contribution is 2.10. The second kappa shape index (κ2) is 6.46. The zero-order chi connectivity index (χ0) is 11.3. The first kappa shape index (κ1) is 12.9. The maximum atomic E-state index is 3.61. The molecule has 0 radical (unpaired) electrons. The Balaban J connectivity index is 2.18. The Hall–Kier alpha value is -0.120. The molecule has 0 aromatic rings. The van der Waals surface area contributed by atoms with Crippen molar-refractivity contribution < 1.29 is 0 Å². The van der Waals surface area contributed by atoms with Crippen LogP contribution in [0.1, 0.15) is 26.7 Å². The summed E-state index contributed by atoms with van der Waals surface area (Å²) in [6.45, 7) is 9.40. The summed E-state index contributed by atoms with van der Waals surface area (Å²) in [5.41, 5.74) is 0. The minimum absolute atomic E-state index is 0.662. The molecule has 1 saturated heterocycles. The van der Waals surface area contributed by atoms with Crippen molar-refractivity contribution in [3.05, 3.63) is 0 Å². The Labute approximate surface area is 94.8 Å². The van der Waals surface area contributed by atoms with E-state index in [4.69, 9.17) is 0 Å². The summed E-state index contributed by atoms with van der Waals surface area (Å²) in [4.78, 5) is 4.88. The van der Waals surface area contributed by atoms with Crippen molar-refractivity contribution in [2.24, 2.45) is 0 Å². The highest BCUT2D eigenvalue weighted by molar-refractivity contribution is 4.82. The number of nitrogens with zero attached hydrogens (tertiary/aromatic N) is 2. The molecule has 15 heavy (non-hydrogen) atoms. The van der Waals surface area contributed by atoms with Gasteiger partial charge < -0.3 is 15.1 Å². The first-order valence-corrected chi connectivity index (χ1v) is 6.25. The Morgan fingerprint density at radius 2 is 2.20 bits per heavy atom. The molecule has 1 aliphatic rings. The normalized spacial score (nSPS) is 25.0. The molecule has 0 bridgehead atoms. The van der Waals surface area contributed by atoms with Crippen LogP contribution in [0.2, 0.25) is 0 Å². The molecule has 0 aromatic carbocycles. The third kappa shape index (κ3) is 4.49. The molecule has 90 valence electrons. The van der Waals surface area contributed by atoms with Gasteiger partial charge in [0, 0.05) is 25.2 Å². The lowest BCUT2D eigenvalue weighted by Crippen LogP contribution is -2.39. The Kier molecular flexibility index (Phi) is 5.58. The molecule has 1 heterocycles. The monoisotopic (exact) mass is 213 g/mol. The number of likely N-dealkylation sites (N-methyl/N-ethyl adjacent to an activating group) is 1. The Bertz CT molecular complexity index is 170. The van der Waals surface area contributed by atoms with E-state index in [1.54, 1.807) is 0 Å². The Morgan fingerprint density at radius 3 is 2.80 bits per heavy atom. The molecule has 3 nitrogen and oxygen atoms in total. The van der Waals surface area contributed by atoms with Crippen molar-refractivity contribution in [2.75, 3.05) is 40.3 Å². The first-order valence-electron chi connectivity index (χ1n) is 6.25. The van der Waals surface area contributed by atoms with E-state index >= 15 is 0 Å². The lowest BCUT2D eigenvalue weighted by molar-refractivity contribution is 0.217. The van der Waals surface area contributed by atoms with E-state index < -0.39 is 0 Å². The number of rotatable bonds is 6. The van der Waals surface area contributed by atoms with Crippen LogP contribution in [0.5, 0.6) is 0 Å². The van der Waals surface area contributed by atoms with Gasteiger partial charge in [0.1, 0.15) is 0 Å². The average molecular weight is 213 g/mol. The molecule has 0 amide bonds. The van der Waals surface area contributed by atoms with E-state index in [1.165, 1.54) is 39.0 Å². The molecule has 3 heteroatoms. The highest BCUT2D eigenvalue weighted by atomic mass is 15.2. The molecular formula is C12H27N3. The van der Waals surface area contributed by atoms with E-state index in [0.717, 1.165) is 6.04 Å². The summed E-state index contributed by atoms with van der Waals surface area (Å²) in [6.07, 6.45) is 2.56. The quantitative estimate of drug-likeness (QED) is 0.710. The second-order valence-electron chi connectivity index (χ2n) is 5.01. The molecule has 1 aliphatic heterocycles. The van der Waals surface area contributed by atoms with Crippen molar-refractivity contribution >= 4 is 0 Å². The van der Waals surface area contributed by atoms with Crippen molar-refractivity contribution in [2.45, 2.75) is 38.8 Å². The van der Waals surface area contributed by atoms with Crippen LogP contribution in [0.3, 0.4) is 0 Å². The van der Waals surface area contributed by atoms with Gasteiger partial charge in [-0.2, -0.15) is 0 Å². The van der Waals surface area contributed by atoms with E-state index in [2.05, 4.69) is 43.1 Å². The molecule has 1 fully saturated rings. The summed E-state index contributed by atoms with van der Waals surface area (Å²) in [5.74, 6) is 0. The van der Waals surface area contributed by atoms with E-state index in [-0.39, 0.29) is 0 Å². The second-order valence-corrected chi connectivity index (χ2v) is 5.01. The predicted octanol–water partition coefficient (Wildman–Crippen LogP) is 1.01. The van der Waals surface area contributed by atoms with Gasteiger partial charge in [-0.1, -0.05) is 6.92 Å². The minimum atomic E-state index is 0.662. The molecule has 0 spiro atoms. The van der Waals surface area contributed by atoms with Crippen LogP contribution in [0.4, 0.5) is 0 Å².